The Kier molecular flexibility index (Phi) is 20.9. The van der Waals surface area contributed by atoms with Gasteiger partial charge in [0.1, 0.15) is 36.1 Å². The summed E-state index contributed by atoms with van der Waals surface area (Å²) >= 11 is 0. The van der Waals surface area contributed by atoms with Crippen LogP contribution in [0.25, 0.3) is 0 Å². The molecule has 0 saturated carbocycles. The molecule has 0 aliphatic carbocycles. The van der Waals surface area contributed by atoms with Gasteiger partial charge in [-0.25, -0.2) is 4.79 Å². The fourth-order valence-electron chi connectivity index (χ4n) is 8.21. The van der Waals surface area contributed by atoms with Crippen molar-refractivity contribution in [3.8, 4) is 0 Å². The summed E-state index contributed by atoms with van der Waals surface area (Å²) in [5.41, 5.74) is 4.57. The Morgan fingerprint density at radius 3 is 1.42 bits per heavy atom. The molecule has 1 fully saturated rings. The smallest absolute Gasteiger partial charge is 0.407 e. The summed E-state index contributed by atoms with van der Waals surface area (Å²) in [7, 11) is 1.56. The number of hydrogen-bond donors (Lipinski definition) is 2. The molecule has 6 aromatic rings. The number of carbonyl (C=O) groups is 2. The van der Waals surface area contributed by atoms with Crippen LogP contribution in [0.2, 0.25) is 0 Å². The molecule has 0 radical (unpaired) electrons. The highest BCUT2D eigenvalue weighted by atomic mass is 16.7. The molecule has 0 spiro atoms. The minimum atomic E-state index is -1.36. The minimum absolute atomic E-state index is 0.0301. The third kappa shape index (κ3) is 17.2. The Bertz CT molecular complexity index is 2450. The maximum atomic E-state index is 15.8. The van der Waals surface area contributed by atoms with E-state index in [1.807, 2.05) is 182 Å². The summed E-state index contributed by atoms with van der Waals surface area (Å²) in [4.78, 5) is 29.1. The third-order valence-corrected chi connectivity index (χ3v) is 11.8. The van der Waals surface area contributed by atoms with Crippen LogP contribution >= 0.6 is 0 Å². The predicted molar refractivity (Wildman–Crippen MR) is 273 cm³/mol. The van der Waals surface area contributed by atoms with Gasteiger partial charge >= 0.3 is 6.09 Å². The van der Waals surface area contributed by atoms with E-state index in [9.17, 15) is 4.79 Å². The van der Waals surface area contributed by atoms with Crippen LogP contribution in [0.4, 0.5) is 4.79 Å². The number of ether oxygens (including phenoxy) is 9. The van der Waals surface area contributed by atoms with Crippen LogP contribution < -0.4 is 10.6 Å². The van der Waals surface area contributed by atoms with Crippen LogP contribution in [0.5, 0.6) is 0 Å². The summed E-state index contributed by atoms with van der Waals surface area (Å²) in [5.74, 6) is -0.554. The van der Waals surface area contributed by atoms with Crippen molar-refractivity contribution in [2.75, 3.05) is 20.3 Å². The number of methoxy groups -OCH3 is 1. The number of carbonyl (C=O) groups excluding carboxylic acids is 2. The van der Waals surface area contributed by atoms with E-state index in [0.717, 1.165) is 33.4 Å². The standard InChI is InChI=1S/C59H68N2O11/c1-59(2,3)72-58(63)60-35-49(66-37-44-25-13-6-14-26-44)52(67-38-45-27-15-7-16-28-45)54(69-40-47-31-19-9-20-32-47)56(62)61-51-50(42-65-36-43-23-11-5-12-24-43)71-57(64-4)55(70-41-48-33-21-10-22-34-48)53(51)68-39-46-29-17-8-18-30-46/h5-34,49-55,57H,35-42H2,1-4H3,(H,60,63)(H,61,62)/t49-,50-,51-,52-,53+,54+,55-,57+/m1/s1. The zero-order valence-electron chi connectivity index (χ0n) is 41.6. The lowest BCUT2D eigenvalue weighted by molar-refractivity contribution is -0.295. The third-order valence-electron chi connectivity index (χ3n) is 11.8. The highest BCUT2D eigenvalue weighted by Gasteiger charge is 2.50. The number of nitrogens with one attached hydrogen (secondary N) is 2. The lowest BCUT2D eigenvalue weighted by Gasteiger charge is -2.46. The fraction of sp³-hybridized carbons (Fsp3) is 0.356. The Morgan fingerprint density at radius 1 is 0.542 bits per heavy atom. The molecule has 1 aliphatic heterocycles. The van der Waals surface area contributed by atoms with Crippen LogP contribution in [0.3, 0.4) is 0 Å². The number of alkyl carbamates (subject to hydrolysis) is 1. The van der Waals surface area contributed by atoms with E-state index in [4.69, 9.17) is 42.6 Å². The molecule has 8 atom stereocenters. The quantitative estimate of drug-likeness (QED) is 0.0537. The van der Waals surface area contributed by atoms with E-state index in [0.29, 0.717) is 0 Å². The molecule has 0 aromatic heterocycles. The molecule has 1 heterocycles. The van der Waals surface area contributed by atoms with Gasteiger partial charge < -0.3 is 53.3 Å². The van der Waals surface area contributed by atoms with E-state index >= 15 is 4.79 Å². The van der Waals surface area contributed by atoms with Gasteiger partial charge in [-0.05, 0) is 54.2 Å². The van der Waals surface area contributed by atoms with Gasteiger partial charge in [0.2, 0.25) is 0 Å². The number of hydrogen-bond acceptors (Lipinski definition) is 11. The Morgan fingerprint density at radius 2 is 0.958 bits per heavy atom. The molecular formula is C59H68N2O11. The van der Waals surface area contributed by atoms with Crippen LogP contribution in [-0.2, 0) is 87.1 Å². The molecule has 13 heteroatoms. The summed E-state index contributed by atoms with van der Waals surface area (Å²) in [5, 5.41) is 6.23. The predicted octanol–water partition coefficient (Wildman–Crippen LogP) is 9.51. The molecular weight excluding hydrogens is 913 g/mol. The first-order valence-electron chi connectivity index (χ1n) is 24.5. The topological polar surface area (TPSA) is 141 Å². The van der Waals surface area contributed by atoms with Crippen LogP contribution in [0.1, 0.15) is 54.2 Å². The average Bonchev–Trinajstić information content (AvgIpc) is 3.40. The van der Waals surface area contributed by atoms with Gasteiger partial charge in [0.15, 0.2) is 12.4 Å². The van der Waals surface area contributed by atoms with Crippen molar-refractivity contribution in [2.45, 2.75) is 115 Å². The minimum Gasteiger partial charge on any atom is -0.444 e. The highest BCUT2D eigenvalue weighted by molar-refractivity contribution is 5.82. The molecule has 72 heavy (non-hydrogen) atoms. The zero-order chi connectivity index (χ0) is 50.4. The molecule has 1 aliphatic rings. The second kappa shape index (κ2) is 28.1. The Labute approximate surface area is 424 Å². The molecule has 1 saturated heterocycles. The SMILES string of the molecule is CO[C@H]1O[C@H](COCc2ccccc2)[C@@H](NC(=O)[C@@H](OCc2ccccc2)[C@H](OCc2ccccc2)[C@@H](CNC(=O)OC(C)(C)C)OCc2ccccc2)[C@H](OCc2ccccc2)[C@H]1OCc1ccccc1. The Hall–Kier alpha value is -6.26. The van der Waals surface area contributed by atoms with E-state index in [1.54, 1.807) is 27.9 Å². The van der Waals surface area contributed by atoms with Gasteiger partial charge in [0, 0.05) is 13.7 Å². The van der Waals surface area contributed by atoms with E-state index < -0.39 is 66.6 Å². The zero-order valence-corrected chi connectivity index (χ0v) is 41.6. The molecule has 13 nitrogen and oxygen atoms in total. The van der Waals surface area contributed by atoms with Crippen LogP contribution in [0.15, 0.2) is 182 Å². The number of amides is 2. The van der Waals surface area contributed by atoms with E-state index in [2.05, 4.69) is 10.6 Å². The second-order valence-electron chi connectivity index (χ2n) is 18.5. The van der Waals surface area contributed by atoms with Gasteiger partial charge in [-0.3, -0.25) is 4.79 Å². The van der Waals surface area contributed by atoms with Crippen molar-refractivity contribution < 1.29 is 52.2 Å². The maximum Gasteiger partial charge on any atom is 0.407 e. The lowest BCUT2D eigenvalue weighted by atomic mass is 9.94. The van der Waals surface area contributed by atoms with E-state index in [-0.39, 0.29) is 52.8 Å². The van der Waals surface area contributed by atoms with Crippen molar-refractivity contribution in [3.63, 3.8) is 0 Å². The highest BCUT2D eigenvalue weighted by Crippen LogP contribution is 2.30. The van der Waals surface area contributed by atoms with Gasteiger partial charge in [-0.2, -0.15) is 0 Å². The Balaban J connectivity index is 1.28. The molecule has 7 rings (SSSR count). The molecule has 380 valence electrons. The largest absolute Gasteiger partial charge is 0.444 e. The second-order valence-corrected chi connectivity index (χ2v) is 18.5. The molecule has 2 N–H and O–H groups in total. The first kappa shape index (κ1) is 53.5. The van der Waals surface area contributed by atoms with Crippen LogP contribution in [-0.4, -0.2) is 86.8 Å². The lowest BCUT2D eigenvalue weighted by Crippen LogP contribution is -2.67. The molecule has 6 aromatic carbocycles. The van der Waals surface area contributed by atoms with Crippen molar-refractivity contribution >= 4 is 12.0 Å². The number of benzene rings is 6. The van der Waals surface area contributed by atoms with Gasteiger partial charge in [0.05, 0.1) is 52.3 Å². The molecule has 0 unspecified atom stereocenters. The summed E-state index contributed by atoms with van der Waals surface area (Å²) in [6.45, 7) is 6.22. The fourth-order valence-corrected chi connectivity index (χ4v) is 8.21. The van der Waals surface area contributed by atoms with Crippen molar-refractivity contribution in [1.29, 1.82) is 0 Å². The normalized spacial score (nSPS) is 19.1. The summed E-state index contributed by atoms with van der Waals surface area (Å²) in [6, 6.07) is 57.3. The van der Waals surface area contributed by atoms with Crippen LogP contribution in [0, 0.1) is 0 Å². The monoisotopic (exact) mass is 980 g/mol. The van der Waals surface area contributed by atoms with Crippen molar-refractivity contribution in [2.24, 2.45) is 0 Å². The van der Waals surface area contributed by atoms with Gasteiger partial charge in [0.25, 0.3) is 5.91 Å². The first-order chi connectivity index (χ1) is 35.1. The summed E-state index contributed by atoms with van der Waals surface area (Å²) < 4.78 is 58.8. The van der Waals surface area contributed by atoms with Crippen molar-refractivity contribution in [1.82, 2.24) is 10.6 Å². The number of rotatable bonds is 26. The van der Waals surface area contributed by atoms with Crippen molar-refractivity contribution in [3.05, 3.63) is 215 Å². The van der Waals surface area contributed by atoms with Gasteiger partial charge in [-0.1, -0.05) is 182 Å². The molecule has 2 amide bonds. The first-order valence-corrected chi connectivity index (χ1v) is 24.5. The van der Waals surface area contributed by atoms with Gasteiger partial charge in [-0.15, -0.1) is 0 Å². The maximum absolute atomic E-state index is 15.8. The average molecular weight is 981 g/mol. The molecule has 0 bridgehead atoms. The van der Waals surface area contributed by atoms with E-state index in [1.165, 1.54) is 0 Å². The summed E-state index contributed by atoms with van der Waals surface area (Å²) in [6.07, 6.45) is -7.57.